The molecule has 1 heterocycles. The van der Waals surface area contributed by atoms with E-state index in [0.717, 1.165) is 5.56 Å². The molecule has 0 aromatic heterocycles. The maximum absolute atomic E-state index is 13.2. The van der Waals surface area contributed by atoms with Crippen LogP contribution >= 0.6 is 0 Å². The number of amides is 3. The minimum atomic E-state index is -0.876. The molecular weight excluding hydrogens is 466 g/mol. The van der Waals surface area contributed by atoms with Gasteiger partial charge in [-0.15, -0.1) is 0 Å². The lowest BCUT2D eigenvalue weighted by molar-refractivity contribution is -0.170. The number of esters is 1. The van der Waals surface area contributed by atoms with Crippen LogP contribution in [0.25, 0.3) is 0 Å². The lowest BCUT2D eigenvalue weighted by Crippen LogP contribution is -2.56. The molecule has 10 heteroatoms. The van der Waals surface area contributed by atoms with Gasteiger partial charge in [-0.05, 0) is 36.7 Å². The van der Waals surface area contributed by atoms with E-state index in [4.69, 9.17) is 14.2 Å². The van der Waals surface area contributed by atoms with Crippen LogP contribution in [0, 0.1) is 11.8 Å². The van der Waals surface area contributed by atoms with Crippen LogP contribution in [-0.4, -0.2) is 54.9 Å². The van der Waals surface area contributed by atoms with Gasteiger partial charge in [0, 0.05) is 6.92 Å². The van der Waals surface area contributed by atoms with E-state index in [1.165, 1.54) is 6.92 Å². The minimum Gasteiger partial charge on any atom is -0.445 e. The summed E-state index contributed by atoms with van der Waals surface area (Å²) in [6.45, 7) is 9.45. The Balaban J connectivity index is 2.02. The van der Waals surface area contributed by atoms with Crippen LogP contribution in [0.5, 0.6) is 0 Å². The van der Waals surface area contributed by atoms with Gasteiger partial charge in [-0.3, -0.25) is 14.4 Å². The Hall–Kier alpha value is -3.14. The lowest BCUT2D eigenvalue weighted by Gasteiger charge is -2.27. The van der Waals surface area contributed by atoms with E-state index < -0.39 is 48.3 Å². The number of hydrogen-bond acceptors (Lipinski definition) is 7. The average molecular weight is 506 g/mol. The van der Waals surface area contributed by atoms with E-state index in [-0.39, 0.29) is 18.4 Å². The molecule has 1 aromatic carbocycles. The summed E-state index contributed by atoms with van der Waals surface area (Å²) < 4.78 is 15.8. The lowest BCUT2D eigenvalue weighted by atomic mass is 10.00. The van der Waals surface area contributed by atoms with Crippen molar-refractivity contribution in [3.63, 3.8) is 0 Å². The third-order valence-corrected chi connectivity index (χ3v) is 5.52. The van der Waals surface area contributed by atoms with E-state index in [1.54, 1.807) is 0 Å². The molecule has 0 radical (unpaired) electrons. The van der Waals surface area contributed by atoms with Gasteiger partial charge < -0.3 is 30.2 Å². The van der Waals surface area contributed by atoms with Crippen LogP contribution in [0.2, 0.25) is 0 Å². The molecule has 0 bridgehead atoms. The molecule has 1 aliphatic rings. The van der Waals surface area contributed by atoms with Crippen LogP contribution in [0.3, 0.4) is 0 Å². The van der Waals surface area contributed by atoms with Gasteiger partial charge in [-0.2, -0.15) is 0 Å². The fourth-order valence-electron chi connectivity index (χ4n) is 3.85. The predicted octanol–water partition coefficient (Wildman–Crippen LogP) is 2.65. The summed E-state index contributed by atoms with van der Waals surface area (Å²) in [4.78, 5) is 50.0. The minimum absolute atomic E-state index is 0.0774. The first-order chi connectivity index (χ1) is 17.0. The van der Waals surface area contributed by atoms with Gasteiger partial charge in [0.1, 0.15) is 18.7 Å². The molecule has 3 N–H and O–H groups in total. The fraction of sp³-hybridized carbons (Fsp3) is 0.615. The van der Waals surface area contributed by atoms with Gasteiger partial charge in [-0.1, -0.05) is 58.0 Å². The van der Waals surface area contributed by atoms with Crippen molar-refractivity contribution in [1.82, 2.24) is 16.0 Å². The van der Waals surface area contributed by atoms with Crippen LogP contribution in [0.4, 0.5) is 4.79 Å². The zero-order valence-electron chi connectivity index (χ0n) is 21.7. The third-order valence-electron chi connectivity index (χ3n) is 5.52. The zero-order chi connectivity index (χ0) is 26.7. The Labute approximate surface area is 212 Å². The van der Waals surface area contributed by atoms with Crippen molar-refractivity contribution in [3.05, 3.63) is 35.9 Å². The Morgan fingerprint density at radius 2 is 1.56 bits per heavy atom. The summed E-state index contributed by atoms with van der Waals surface area (Å²) in [6, 6.07) is 7.00. The average Bonchev–Trinajstić information content (AvgIpc) is 3.22. The molecule has 0 unspecified atom stereocenters. The molecule has 0 saturated carbocycles. The molecule has 1 fully saturated rings. The maximum atomic E-state index is 13.2. The van der Waals surface area contributed by atoms with Crippen molar-refractivity contribution < 1.29 is 33.4 Å². The number of hydrogen-bond donors (Lipinski definition) is 3. The first-order valence-corrected chi connectivity index (χ1v) is 12.4. The van der Waals surface area contributed by atoms with Crippen molar-refractivity contribution in [2.45, 2.75) is 84.9 Å². The van der Waals surface area contributed by atoms with Crippen LogP contribution in [0.15, 0.2) is 30.3 Å². The molecule has 200 valence electrons. The maximum Gasteiger partial charge on any atom is 0.408 e. The highest BCUT2D eigenvalue weighted by atomic mass is 16.7. The fourth-order valence-corrected chi connectivity index (χ4v) is 3.85. The molecule has 36 heavy (non-hydrogen) atoms. The van der Waals surface area contributed by atoms with Gasteiger partial charge in [-0.25, -0.2) is 4.79 Å². The Kier molecular flexibility index (Phi) is 11.7. The molecule has 2 rings (SSSR count). The number of rotatable bonds is 12. The van der Waals surface area contributed by atoms with Gasteiger partial charge in [0.25, 0.3) is 0 Å². The van der Waals surface area contributed by atoms with E-state index in [2.05, 4.69) is 16.0 Å². The number of nitrogens with one attached hydrogen (secondary N) is 3. The molecule has 0 aliphatic carbocycles. The number of benzene rings is 1. The highest BCUT2D eigenvalue weighted by molar-refractivity contribution is 5.91. The number of ether oxygens (including phenoxy) is 3. The summed E-state index contributed by atoms with van der Waals surface area (Å²) in [5.41, 5.74) is 0.828. The first-order valence-electron chi connectivity index (χ1n) is 12.4. The van der Waals surface area contributed by atoms with Crippen molar-refractivity contribution in [1.29, 1.82) is 0 Å². The highest BCUT2D eigenvalue weighted by Gasteiger charge is 2.35. The Morgan fingerprint density at radius 1 is 0.944 bits per heavy atom. The van der Waals surface area contributed by atoms with Crippen LogP contribution in [0.1, 0.15) is 59.4 Å². The SMILES string of the molecule is CC(=O)O[C@@H]1OCC[C@@H]1NC(=O)[C@H](CC(C)C)NC(=O)[C@H](CC(C)C)NC(=O)OCc1ccccc1. The summed E-state index contributed by atoms with van der Waals surface area (Å²) >= 11 is 0. The van der Waals surface area contributed by atoms with E-state index in [1.807, 2.05) is 58.0 Å². The summed E-state index contributed by atoms with van der Waals surface area (Å²) in [7, 11) is 0. The number of carbonyl (C=O) groups excluding carboxylic acids is 4. The summed E-state index contributed by atoms with van der Waals surface area (Å²) in [5, 5.41) is 8.26. The Morgan fingerprint density at radius 3 is 2.14 bits per heavy atom. The Bertz CT molecular complexity index is 876. The number of carbonyl (C=O) groups is 4. The molecule has 4 atom stereocenters. The second-order valence-electron chi connectivity index (χ2n) is 9.83. The number of alkyl carbamates (subject to hydrolysis) is 1. The van der Waals surface area contributed by atoms with E-state index in [9.17, 15) is 19.2 Å². The second-order valence-corrected chi connectivity index (χ2v) is 9.83. The molecule has 10 nitrogen and oxygen atoms in total. The van der Waals surface area contributed by atoms with Gasteiger partial charge in [0.15, 0.2) is 0 Å². The predicted molar refractivity (Wildman–Crippen MR) is 132 cm³/mol. The zero-order valence-corrected chi connectivity index (χ0v) is 21.7. The van der Waals surface area contributed by atoms with E-state index >= 15 is 0 Å². The highest BCUT2D eigenvalue weighted by Crippen LogP contribution is 2.16. The van der Waals surface area contributed by atoms with E-state index in [0.29, 0.717) is 25.9 Å². The third kappa shape index (κ3) is 10.2. The largest absolute Gasteiger partial charge is 0.445 e. The topological polar surface area (TPSA) is 132 Å². The quantitative estimate of drug-likeness (QED) is 0.372. The van der Waals surface area contributed by atoms with Gasteiger partial charge in [0.05, 0.1) is 12.6 Å². The molecule has 3 amide bonds. The van der Waals surface area contributed by atoms with Crippen molar-refractivity contribution >= 4 is 23.9 Å². The molecular formula is C26H39N3O7. The monoisotopic (exact) mass is 505 g/mol. The molecule has 1 aliphatic heterocycles. The van der Waals surface area contributed by atoms with Crippen molar-refractivity contribution in [3.8, 4) is 0 Å². The standard InChI is InChI=1S/C26H39N3O7/c1-16(2)13-21(23(31)27-20-11-12-34-25(20)36-18(5)30)28-24(32)22(14-17(3)4)29-26(33)35-15-19-9-7-6-8-10-19/h6-10,16-17,20-22,25H,11-15H2,1-5H3,(H,27,31)(H,28,32)(H,29,33)/t20-,21-,22-,25-/m0/s1. The summed E-state index contributed by atoms with van der Waals surface area (Å²) in [6.07, 6.45) is -0.339. The normalized spacial score (nSPS) is 18.9. The van der Waals surface area contributed by atoms with Crippen molar-refractivity contribution in [2.75, 3.05) is 6.61 Å². The smallest absolute Gasteiger partial charge is 0.408 e. The molecule has 1 saturated heterocycles. The van der Waals surface area contributed by atoms with Gasteiger partial charge in [0.2, 0.25) is 18.1 Å². The summed E-state index contributed by atoms with van der Waals surface area (Å²) in [5.74, 6) is -1.17. The van der Waals surface area contributed by atoms with Gasteiger partial charge >= 0.3 is 12.1 Å². The second kappa shape index (κ2) is 14.4. The van der Waals surface area contributed by atoms with Crippen LogP contribution < -0.4 is 16.0 Å². The van der Waals surface area contributed by atoms with Crippen LogP contribution in [-0.2, 0) is 35.2 Å². The molecule has 1 aromatic rings. The molecule has 0 spiro atoms. The first kappa shape index (κ1) is 29.1. The van der Waals surface area contributed by atoms with Crippen molar-refractivity contribution in [2.24, 2.45) is 11.8 Å².